The summed E-state index contributed by atoms with van der Waals surface area (Å²) in [5.74, 6) is 1.12. The molecule has 2 aromatic heterocycles. The summed E-state index contributed by atoms with van der Waals surface area (Å²) < 4.78 is 12.6. The van der Waals surface area contributed by atoms with Crippen molar-refractivity contribution in [3.05, 3.63) is 114 Å². The van der Waals surface area contributed by atoms with Gasteiger partial charge in [0.05, 0.1) is 37.9 Å². The fraction of sp³-hybridized carbons (Fsp3) is 0.243. The highest BCUT2D eigenvalue weighted by atomic mass is 16.5. The molecule has 0 fully saturated rings. The number of nitrogens with zero attached hydrogens (tertiary/aromatic N) is 4. The molecule has 3 amide bonds. The van der Waals surface area contributed by atoms with Gasteiger partial charge >= 0.3 is 0 Å². The fourth-order valence-electron chi connectivity index (χ4n) is 5.23. The number of anilines is 2. The molecule has 0 atom stereocenters. The van der Waals surface area contributed by atoms with Gasteiger partial charge in [0.15, 0.2) is 0 Å². The van der Waals surface area contributed by atoms with Gasteiger partial charge in [0.25, 0.3) is 11.8 Å². The van der Waals surface area contributed by atoms with Crippen LogP contribution in [0.3, 0.4) is 0 Å². The number of carbonyl (C=O) groups is 3. The molecule has 2 heterocycles. The Balaban J connectivity index is 1.11. The van der Waals surface area contributed by atoms with Crippen LogP contribution in [0.1, 0.15) is 38.5 Å². The number of aryl methyl sites for hydroxylation is 1. The topological polar surface area (TPSA) is 190 Å². The maximum Gasteiger partial charge on any atom is 0.259 e. The van der Waals surface area contributed by atoms with Gasteiger partial charge in [-0.05, 0) is 78.9 Å². The monoisotopic (exact) mass is 691 g/mol. The van der Waals surface area contributed by atoms with Crippen molar-refractivity contribution in [2.45, 2.75) is 13.0 Å². The summed E-state index contributed by atoms with van der Waals surface area (Å²) >= 11 is 0. The van der Waals surface area contributed by atoms with Gasteiger partial charge in [0.2, 0.25) is 5.91 Å². The zero-order valence-corrected chi connectivity index (χ0v) is 28.5. The summed E-state index contributed by atoms with van der Waals surface area (Å²) in [6.07, 6.45) is 1.65. The lowest BCUT2D eigenvalue weighted by Gasteiger charge is -2.21. The second kappa shape index (κ2) is 17.4. The number of aromatic nitrogens is 3. The molecule has 5 aromatic rings. The van der Waals surface area contributed by atoms with Crippen LogP contribution < -0.4 is 31.3 Å². The van der Waals surface area contributed by atoms with Crippen LogP contribution in [0.2, 0.25) is 0 Å². The molecule has 51 heavy (non-hydrogen) atoms. The Hall–Kier alpha value is -6.28. The number of amidine groups is 1. The van der Waals surface area contributed by atoms with E-state index in [1.807, 2.05) is 29.8 Å². The average Bonchev–Trinajstić information content (AvgIpc) is 3.48. The normalized spacial score (nSPS) is 10.8. The van der Waals surface area contributed by atoms with Gasteiger partial charge in [-0.2, -0.15) is 0 Å². The molecule has 0 saturated heterocycles. The van der Waals surface area contributed by atoms with Crippen molar-refractivity contribution in [3.8, 4) is 5.75 Å². The number of benzene rings is 3. The van der Waals surface area contributed by atoms with Gasteiger partial charge in [-0.1, -0.05) is 6.07 Å². The Kier molecular flexibility index (Phi) is 12.3. The highest BCUT2D eigenvalue weighted by molar-refractivity contribution is 6.07. The quantitative estimate of drug-likeness (QED) is 0.0552. The van der Waals surface area contributed by atoms with Gasteiger partial charge < -0.3 is 35.7 Å². The fourth-order valence-corrected chi connectivity index (χ4v) is 5.23. The van der Waals surface area contributed by atoms with Crippen LogP contribution in [0.25, 0.3) is 11.0 Å². The summed E-state index contributed by atoms with van der Waals surface area (Å²) in [6, 6.07) is 24.7. The minimum Gasteiger partial charge on any atom is -0.497 e. The number of ether oxygens (including phenoxy) is 2. The van der Waals surface area contributed by atoms with Crippen molar-refractivity contribution in [2.24, 2.45) is 12.8 Å². The molecular formula is C37H41N9O5. The largest absolute Gasteiger partial charge is 0.497 e. The third-order valence-corrected chi connectivity index (χ3v) is 8.05. The Morgan fingerprint density at radius 1 is 0.902 bits per heavy atom. The Labute approximate surface area is 295 Å². The molecule has 0 unspecified atom stereocenters. The van der Waals surface area contributed by atoms with Gasteiger partial charge in [-0.15, -0.1) is 0 Å². The van der Waals surface area contributed by atoms with E-state index in [9.17, 15) is 14.4 Å². The Bertz CT molecular complexity index is 1960. The lowest BCUT2D eigenvalue weighted by atomic mass is 10.1. The van der Waals surface area contributed by atoms with E-state index in [2.05, 4.69) is 20.9 Å². The summed E-state index contributed by atoms with van der Waals surface area (Å²) in [5.41, 5.74) is 9.51. The minimum absolute atomic E-state index is 0.0103. The molecule has 0 aliphatic carbocycles. The molecule has 3 aromatic carbocycles. The van der Waals surface area contributed by atoms with E-state index in [-0.39, 0.29) is 56.3 Å². The van der Waals surface area contributed by atoms with Crippen LogP contribution in [0.5, 0.6) is 5.75 Å². The summed E-state index contributed by atoms with van der Waals surface area (Å²) in [4.78, 5) is 49.4. The molecule has 0 radical (unpaired) electrons. The number of rotatable bonds is 17. The lowest BCUT2D eigenvalue weighted by molar-refractivity contribution is -0.121. The number of nitrogens with one attached hydrogen (secondary N) is 4. The van der Waals surface area contributed by atoms with E-state index >= 15 is 0 Å². The zero-order valence-electron chi connectivity index (χ0n) is 28.5. The van der Waals surface area contributed by atoms with Crippen LogP contribution in [0, 0.1) is 5.41 Å². The van der Waals surface area contributed by atoms with E-state index in [1.54, 1.807) is 80.0 Å². The van der Waals surface area contributed by atoms with E-state index < -0.39 is 0 Å². The van der Waals surface area contributed by atoms with Crippen molar-refractivity contribution in [1.82, 2.24) is 25.2 Å². The van der Waals surface area contributed by atoms with Gasteiger partial charge in [-0.25, -0.2) is 9.97 Å². The van der Waals surface area contributed by atoms with Crippen molar-refractivity contribution in [3.63, 3.8) is 0 Å². The standard InChI is InChI=1S/C37H41N9O5/c1-45-31-15-10-27(23-30(31)44-33(45)24-43-28-11-6-25(7-12-28)35(38)39)37(49)46(32-5-3-4-17-40-32)20-16-34(47)41-18-21-51-22-19-42-36(48)26-8-13-29(50-2)14-9-26/h3-15,17,23,43H,16,18-22,24H2,1-2H3,(H3,38,39)(H,41,47)(H,42,48). The number of pyridine rings is 1. The van der Waals surface area contributed by atoms with Crippen molar-refractivity contribution < 1.29 is 23.9 Å². The number of imidazole rings is 1. The average molecular weight is 692 g/mol. The highest BCUT2D eigenvalue weighted by Crippen LogP contribution is 2.21. The second-order valence-electron chi connectivity index (χ2n) is 11.5. The number of carbonyl (C=O) groups excluding carboxylic acids is 3. The van der Waals surface area contributed by atoms with Crippen LogP contribution >= 0.6 is 0 Å². The molecule has 0 saturated carbocycles. The summed E-state index contributed by atoms with van der Waals surface area (Å²) in [5, 5.41) is 16.5. The molecule has 14 heteroatoms. The van der Waals surface area contributed by atoms with Crippen molar-refractivity contribution >= 4 is 46.1 Å². The first-order valence-electron chi connectivity index (χ1n) is 16.4. The molecule has 14 nitrogen and oxygen atoms in total. The third kappa shape index (κ3) is 9.67. The first-order valence-corrected chi connectivity index (χ1v) is 16.4. The second-order valence-corrected chi connectivity index (χ2v) is 11.5. The van der Waals surface area contributed by atoms with Crippen molar-refractivity contribution in [1.29, 1.82) is 5.41 Å². The number of fused-ring (bicyclic) bond motifs is 1. The van der Waals surface area contributed by atoms with E-state index in [0.29, 0.717) is 46.9 Å². The SMILES string of the molecule is COc1ccc(C(=O)NCCOCCNC(=O)CCN(C(=O)c2ccc3c(c2)nc(CNc2ccc(C(=N)N)cc2)n3C)c2ccccn2)cc1. The highest BCUT2D eigenvalue weighted by Gasteiger charge is 2.21. The summed E-state index contributed by atoms with van der Waals surface area (Å²) in [7, 11) is 3.48. The molecule has 6 N–H and O–H groups in total. The van der Waals surface area contributed by atoms with E-state index in [0.717, 1.165) is 17.0 Å². The first-order chi connectivity index (χ1) is 24.7. The maximum absolute atomic E-state index is 13.8. The predicted octanol–water partition coefficient (Wildman–Crippen LogP) is 3.47. The zero-order chi connectivity index (χ0) is 36.2. The number of hydrogen-bond acceptors (Lipinski definition) is 9. The first kappa shape index (κ1) is 36.0. The smallest absolute Gasteiger partial charge is 0.259 e. The van der Waals surface area contributed by atoms with Crippen LogP contribution in [-0.2, 0) is 23.1 Å². The van der Waals surface area contributed by atoms with Crippen LogP contribution in [-0.4, -0.2) is 78.1 Å². The number of amides is 3. The molecule has 0 bridgehead atoms. The predicted molar refractivity (Wildman–Crippen MR) is 195 cm³/mol. The number of nitrogens with two attached hydrogens (primary N) is 1. The van der Waals surface area contributed by atoms with Gasteiger partial charge in [-0.3, -0.25) is 24.7 Å². The molecule has 5 rings (SSSR count). The number of nitrogen functional groups attached to an aromatic ring is 1. The van der Waals surface area contributed by atoms with Crippen LogP contribution in [0.4, 0.5) is 11.5 Å². The molecular weight excluding hydrogens is 650 g/mol. The molecule has 264 valence electrons. The minimum atomic E-state index is -0.306. The molecule has 0 aliphatic rings. The Morgan fingerprint density at radius 2 is 1.61 bits per heavy atom. The maximum atomic E-state index is 13.8. The lowest BCUT2D eigenvalue weighted by Crippen LogP contribution is -2.36. The van der Waals surface area contributed by atoms with Crippen LogP contribution in [0.15, 0.2) is 91.1 Å². The number of methoxy groups -OCH3 is 1. The van der Waals surface area contributed by atoms with Gasteiger partial charge in [0.1, 0.15) is 23.2 Å². The third-order valence-electron chi connectivity index (χ3n) is 8.05. The van der Waals surface area contributed by atoms with E-state index in [4.69, 9.17) is 25.6 Å². The Morgan fingerprint density at radius 3 is 2.29 bits per heavy atom. The van der Waals surface area contributed by atoms with Crippen molar-refractivity contribution in [2.75, 3.05) is 50.2 Å². The summed E-state index contributed by atoms with van der Waals surface area (Å²) in [6.45, 7) is 1.70. The van der Waals surface area contributed by atoms with E-state index in [1.165, 1.54) is 4.90 Å². The van der Waals surface area contributed by atoms with Gasteiger partial charge in [0, 0.05) is 61.7 Å². The molecule has 0 aliphatic heterocycles. The molecule has 0 spiro atoms. The number of hydrogen-bond donors (Lipinski definition) is 5.